The van der Waals surface area contributed by atoms with Crippen LogP contribution >= 0.6 is 0 Å². The zero-order valence-corrected chi connectivity index (χ0v) is 64.6. The van der Waals surface area contributed by atoms with Crippen LogP contribution in [0.4, 0.5) is 0 Å². The summed E-state index contributed by atoms with van der Waals surface area (Å²) in [5.41, 5.74) is 18.2. The first-order chi connectivity index (χ1) is 46.1. The quantitative estimate of drug-likeness (QED) is 0.0158. The van der Waals surface area contributed by atoms with E-state index in [1.807, 2.05) is 14.4 Å². The molecule has 0 radical (unpaired) electrons. The van der Waals surface area contributed by atoms with Gasteiger partial charge in [-0.3, -0.25) is 0 Å². The Hall–Kier alpha value is -2.43. The summed E-state index contributed by atoms with van der Waals surface area (Å²) in [5.74, 6) is 2.96. The second kappa shape index (κ2) is 73.8. The molecule has 0 fully saturated rings. The first-order valence-corrected chi connectivity index (χ1v) is 43.5. The number of unbranched alkanes of at least 4 members (excludes halogenated alkanes) is 56. The Kier molecular flexibility index (Phi) is 70.3. The summed E-state index contributed by atoms with van der Waals surface area (Å²) >= 11 is 2.05. The SMILES string of the molecule is CCCCCCCCCCCCCCCCCCCCCCCCC=CC(=C=[N+]=[N-])C(CC)=C(c1ccc(CCCC)cc1)c1cccc(CCCC)c1.CCCCCCCCCCCCCCCCCC[CH2][Ni][CH2]CCCCCCCCCCCCCCCCCC. The zero-order valence-electron chi connectivity index (χ0n) is 63.7. The summed E-state index contributed by atoms with van der Waals surface area (Å²) in [4.78, 5) is 3.42. The maximum atomic E-state index is 9.69. The fraction of sp³-hybridized carbons (Fsp3) is 0.800. The van der Waals surface area contributed by atoms with E-state index in [1.54, 1.807) is 0 Å². The van der Waals surface area contributed by atoms with Crippen molar-refractivity contribution in [1.82, 2.24) is 0 Å². The Morgan fingerprint density at radius 1 is 0.333 bits per heavy atom. The predicted octanol–water partition coefficient (Wildman–Crippen LogP) is 32.2. The van der Waals surface area contributed by atoms with E-state index < -0.39 is 0 Å². The van der Waals surface area contributed by atoms with Crippen LogP contribution in [0.2, 0.25) is 10.8 Å². The molecule has 0 N–H and O–H groups in total. The van der Waals surface area contributed by atoms with E-state index in [2.05, 4.69) is 113 Å². The van der Waals surface area contributed by atoms with Gasteiger partial charge in [-0.2, -0.15) is 0 Å². The third kappa shape index (κ3) is 58.3. The fourth-order valence-corrected chi connectivity index (χ4v) is 14.9. The van der Waals surface area contributed by atoms with Gasteiger partial charge in [-0.1, -0.05) is 321 Å². The minimum atomic E-state index is 0.827. The Morgan fingerprint density at radius 2 is 0.634 bits per heavy atom. The standard InChI is InChI=1S/C52H82N2.2C19H39.Ni/c1-5-9-12-13-14-15-16-17-18-19-20-21-22-23-24-25-26-27-28-29-30-31-32-33-38-50(45-54-53)51(8-4)52(48-42-40-46(41-43-48)35-10-6-2)49-39-34-37-47(44-49)36-11-7-3;2*1-3-5-7-9-11-13-15-17-19-18-16-14-12-10-8-6-4-2;/h33-34,37-44H,5-32,35-36H2,1-4H3;2*1,3-19H2,2H3;. The molecule has 0 saturated carbocycles. The predicted molar refractivity (Wildman–Crippen MR) is 418 cm³/mol. The molecule has 0 aliphatic heterocycles. The molecule has 0 unspecified atom stereocenters. The van der Waals surface area contributed by atoms with E-state index in [0.29, 0.717) is 0 Å². The van der Waals surface area contributed by atoms with E-state index in [1.165, 1.54) is 429 Å². The van der Waals surface area contributed by atoms with Gasteiger partial charge in [0.2, 0.25) is 0 Å². The maximum absolute atomic E-state index is 9.69. The van der Waals surface area contributed by atoms with Gasteiger partial charge in [0.25, 0.3) is 0 Å². The molecule has 0 atom stereocenters. The van der Waals surface area contributed by atoms with Gasteiger partial charge in [0.15, 0.2) is 0 Å². The van der Waals surface area contributed by atoms with Crippen LogP contribution in [0.15, 0.2) is 71.8 Å². The smallest absolute Gasteiger partial charge is 0.0654 e. The average Bonchev–Trinajstić information content (AvgIpc) is 2.20. The molecule has 2 aromatic carbocycles. The van der Waals surface area contributed by atoms with Crippen molar-refractivity contribution in [2.75, 3.05) is 0 Å². The van der Waals surface area contributed by atoms with Gasteiger partial charge in [0.05, 0.1) is 0 Å². The van der Waals surface area contributed by atoms with Gasteiger partial charge in [-0.05, 0) is 84.4 Å². The molecule has 0 amide bonds. The molecule has 3 heteroatoms. The number of rotatable bonds is 70. The molecule has 0 aromatic heterocycles. The molecule has 540 valence electrons. The molecule has 0 aliphatic rings. The van der Waals surface area contributed by atoms with Crippen LogP contribution in [0.1, 0.15) is 462 Å². The van der Waals surface area contributed by atoms with Crippen molar-refractivity contribution < 1.29 is 19.2 Å². The molecule has 0 aliphatic carbocycles. The van der Waals surface area contributed by atoms with E-state index in [0.717, 1.165) is 31.3 Å². The minimum absolute atomic E-state index is 0.827. The summed E-state index contributed by atoms with van der Waals surface area (Å²) in [7, 11) is 0. The van der Waals surface area contributed by atoms with Crippen LogP contribution in [0.25, 0.3) is 11.1 Å². The van der Waals surface area contributed by atoms with Gasteiger partial charge >= 0.3 is 172 Å². The summed E-state index contributed by atoms with van der Waals surface area (Å²) in [5, 5.41) is 2.87. The van der Waals surface area contributed by atoms with Gasteiger partial charge in [-0.25, -0.2) is 0 Å². The molecular weight excluding hydrogens is 1170 g/mol. The second-order valence-corrected chi connectivity index (χ2v) is 30.3. The zero-order chi connectivity index (χ0) is 66.9. The summed E-state index contributed by atoms with van der Waals surface area (Å²) in [6.07, 6.45) is 94.6. The summed E-state index contributed by atoms with van der Waals surface area (Å²) in [6, 6.07) is 18.2. The second-order valence-electron chi connectivity index (χ2n) is 28.8. The van der Waals surface area contributed by atoms with E-state index >= 15 is 0 Å². The van der Waals surface area contributed by atoms with E-state index in [-0.39, 0.29) is 0 Å². The van der Waals surface area contributed by atoms with Crippen molar-refractivity contribution in [3.63, 3.8) is 0 Å². The molecule has 2 aromatic rings. The minimum Gasteiger partial charge on any atom is -0.0654 e. The summed E-state index contributed by atoms with van der Waals surface area (Å²) in [6.45, 7) is 13.6. The van der Waals surface area contributed by atoms with Crippen LogP contribution in [0.3, 0.4) is 0 Å². The third-order valence-corrected chi connectivity index (χ3v) is 21.3. The Bertz CT molecular complexity index is 1940. The van der Waals surface area contributed by atoms with Crippen LogP contribution in [0.5, 0.6) is 0 Å². The number of aryl methyl sites for hydroxylation is 2. The Labute approximate surface area is 589 Å². The van der Waals surface area contributed by atoms with Crippen molar-refractivity contribution in [1.29, 1.82) is 0 Å². The van der Waals surface area contributed by atoms with E-state index in [9.17, 15) is 5.53 Å². The van der Waals surface area contributed by atoms with Crippen LogP contribution in [-0.4, -0.2) is 10.7 Å². The van der Waals surface area contributed by atoms with Gasteiger partial charge < -0.3 is 5.53 Å². The van der Waals surface area contributed by atoms with Crippen molar-refractivity contribution in [3.8, 4) is 0 Å². The van der Waals surface area contributed by atoms with Gasteiger partial charge in [-0.15, -0.1) is 4.79 Å². The van der Waals surface area contributed by atoms with Gasteiger partial charge in [0.1, 0.15) is 5.57 Å². The fourth-order valence-electron chi connectivity index (χ4n) is 13.7. The topological polar surface area (TPSA) is 36.4 Å². The molecule has 2 nitrogen and oxygen atoms in total. The molecular formula is C90H160N2Ni. The average molecular weight is 1330 g/mol. The Balaban J connectivity index is 0.000000983. The van der Waals surface area contributed by atoms with Crippen molar-refractivity contribution in [2.24, 2.45) is 0 Å². The molecule has 0 spiro atoms. The first-order valence-electron chi connectivity index (χ1n) is 42.1. The van der Waals surface area contributed by atoms with Crippen molar-refractivity contribution in [3.05, 3.63) is 99.6 Å². The number of hydrogen-bond donors (Lipinski definition) is 0. The third-order valence-electron chi connectivity index (χ3n) is 19.9. The van der Waals surface area contributed by atoms with Crippen molar-refractivity contribution >= 4 is 11.4 Å². The van der Waals surface area contributed by atoms with Gasteiger partial charge in [0, 0.05) is 0 Å². The van der Waals surface area contributed by atoms with Crippen LogP contribution in [-0.2, 0) is 27.3 Å². The number of benzene rings is 2. The molecule has 0 bridgehead atoms. The molecule has 0 heterocycles. The molecule has 93 heavy (non-hydrogen) atoms. The molecule has 0 saturated heterocycles. The molecule has 2 rings (SSSR count). The van der Waals surface area contributed by atoms with E-state index in [4.69, 9.17) is 0 Å². The number of allylic oxidation sites excluding steroid dienone is 4. The first kappa shape index (κ1) is 88.6. The van der Waals surface area contributed by atoms with Crippen LogP contribution in [0, 0.1) is 0 Å². The normalized spacial score (nSPS) is 11.8. The van der Waals surface area contributed by atoms with Crippen molar-refractivity contribution in [2.45, 2.75) is 463 Å². The van der Waals surface area contributed by atoms with Crippen LogP contribution < -0.4 is 0 Å². The monoisotopic (exact) mass is 1330 g/mol. The summed E-state index contributed by atoms with van der Waals surface area (Å²) < 4.78 is 0. The Morgan fingerprint density at radius 3 is 0.946 bits per heavy atom. The number of nitrogens with zero attached hydrogens (tertiary/aromatic N) is 2. The number of hydrogen-bond acceptors (Lipinski definition) is 0.